The third-order valence-corrected chi connectivity index (χ3v) is 7.20. The van der Waals surface area contributed by atoms with Crippen molar-refractivity contribution in [1.29, 1.82) is 0 Å². The lowest BCUT2D eigenvalue weighted by Gasteiger charge is -2.33. The zero-order valence-electron chi connectivity index (χ0n) is 17.0. The minimum absolute atomic E-state index is 0.110. The van der Waals surface area contributed by atoms with E-state index in [1.165, 1.54) is 34.2 Å². The number of carbonyl (C=O) groups is 1. The number of thioether (sulfide) groups is 1. The van der Waals surface area contributed by atoms with Crippen molar-refractivity contribution in [3.63, 3.8) is 0 Å². The van der Waals surface area contributed by atoms with Gasteiger partial charge in [-0.3, -0.25) is 4.79 Å². The van der Waals surface area contributed by atoms with Gasteiger partial charge in [-0.2, -0.15) is 0 Å². The number of aromatic nitrogens is 2. The monoisotopic (exact) mass is 440 g/mol. The summed E-state index contributed by atoms with van der Waals surface area (Å²) in [6.07, 6.45) is 3.22. The molecule has 0 saturated heterocycles. The number of rotatable bonds is 7. The maximum atomic E-state index is 12.8. The van der Waals surface area contributed by atoms with Gasteiger partial charge in [-0.1, -0.05) is 53.4 Å². The van der Waals surface area contributed by atoms with E-state index < -0.39 is 0 Å². The smallest absolute Gasteiger partial charge is 0.233 e. The number of fused-ring (bicyclic) bond motifs is 1. The van der Waals surface area contributed by atoms with Crippen molar-refractivity contribution in [2.75, 3.05) is 25.2 Å². The number of nitrogens with one attached hydrogen (secondary N) is 1. The fourth-order valence-corrected chi connectivity index (χ4v) is 5.37. The fourth-order valence-electron chi connectivity index (χ4n) is 3.67. The topological polar surface area (TPSA) is 67.3 Å². The van der Waals surface area contributed by atoms with E-state index in [1.54, 1.807) is 7.11 Å². The van der Waals surface area contributed by atoms with Crippen LogP contribution in [0.15, 0.2) is 52.9 Å². The van der Waals surface area contributed by atoms with Gasteiger partial charge in [-0.15, -0.1) is 10.2 Å². The molecule has 0 spiro atoms. The van der Waals surface area contributed by atoms with Crippen LogP contribution in [0, 0.1) is 0 Å². The Labute approximate surface area is 184 Å². The van der Waals surface area contributed by atoms with E-state index in [0.717, 1.165) is 35.0 Å². The first-order valence-electron chi connectivity index (χ1n) is 9.85. The third-order valence-electron chi connectivity index (χ3n) is 5.25. The van der Waals surface area contributed by atoms with E-state index in [2.05, 4.69) is 39.8 Å². The first kappa shape index (κ1) is 20.7. The highest BCUT2D eigenvalue weighted by Crippen LogP contribution is 2.34. The van der Waals surface area contributed by atoms with Gasteiger partial charge in [0.2, 0.25) is 11.0 Å². The van der Waals surface area contributed by atoms with Gasteiger partial charge in [0, 0.05) is 18.8 Å². The molecule has 1 heterocycles. The Morgan fingerprint density at radius 3 is 3.00 bits per heavy atom. The molecule has 0 saturated carbocycles. The molecule has 0 bridgehead atoms. The zero-order chi connectivity index (χ0) is 20.9. The summed E-state index contributed by atoms with van der Waals surface area (Å²) in [5, 5.41) is 12.3. The second-order valence-corrected chi connectivity index (χ2v) is 9.33. The van der Waals surface area contributed by atoms with E-state index in [9.17, 15) is 4.79 Å². The molecule has 156 valence electrons. The molecule has 1 N–H and O–H groups in total. The Morgan fingerprint density at radius 1 is 1.27 bits per heavy atom. The molecule has 1 amide bonds. The van der Waals surface area contributed by atoms with E-state index in [0.29, 0.717) is 10.9 Å². The SMILES string of the molecule is COc1cccc(Nc2nnc(SCC(=O)N(C)[C@@H]3CCCc4ccccc43)s2)c1. The van der Waals surface area contributed by atoms with Gasteiger partial charge in [0.05, 0.1) is 18.9 Å². The number of ether oxygens (including phenoxy) is 1. The number of carbonyl (C=O) groups excluding carboxylic acids is 1. The molecular formula is C22H24N4O2S2. The molecular weight excluding hydrogens is 416 g/mol. The normalized spacial score (nSPS) is 15.3. The minimum atomic E-state index is 0.110. The molecule has 6 nitrogen and oxygen atoms in total. The molecule has 4 rings (SSSR count). The lowest BCUT2D eigenvalue weighted by molar-refractivity contribution is -0.129. The zero-order valence-corrected chi connectivity index (χ0v) is 18.6. The molecule has 0 unspecified atom stereocenters. The fraction of sp³-hybridized carbons (Fsp3) is 0.318. The predicted octanol–water partition coefficient (Wildman–Crippen LogP) is 4.92. The highest BCUT2D eigenvalue weighted by Gasteiger charge is 2.26. The van der Waals surface area contributed by atoms with E-state index in [4.69, 9.17) is 4.74 Å². The van der Waals surface area contributed by atoms with Gasteiger partial charge in [0.15, 0.2) is 4.34 Å². The number of benzene rings is 2. The molecule has 1 atom stereocenters. The van der Waals surface area contributed by atoms with Crippen molar-refractivity contribution in [2.24, 2.45) is 0 Å². The summed E-state index contributed by atoms with van der Waals surface area (Å²) in [5.41, 5.74) is 3.53. The summed E-state index contributed by atoms with van der Waals surface area (Å²) in [5.74, 6) is 1.24. The molecule has 1 aliphatic carbocycles. The van der Waals surface area contributed by atoms with E-state index in [1.807, 2.05) is 36.2 Å². The lowest BCUT2D eigenvalue weighted by Crippen LogP contribution is -2.34. The van der Waals surface area contributed by atoms with Crippen LogP contribution in [0.1, 0.15) is 30.0 Å². The molecule has 1 aromatic heterocycles. The Morgan fingerprint density at radius 2 is 2.13 bits per heavy atom. The number of anilines is 2. The van der Waals surface area contributed by atoms with Gasteiger partial charge >= 0.3 is 0 Å². The summed E-state index contributed by atoms with van der Waals surface area (Å²) in [6, 6.07) is 16.3. The van der Waals surface area contributed by atoms with Gasteiger partial charge in [-0.05, 0) is 42.5 Å². The highest BCUT2D eigenvalue weighted by atomic mass is 32.2. The van der Waals surface area contributed by atoms with Crippen molar-refractivity contribution in [1.82, 2.24) is 15.1 Å². The lowest BCUT2D eigenvalue weighted by atomic mass is 9.87. The van der Waals surface area contributed by atoms with Crippen molar-refractivity contribution < 1.29 is 9.53 Å². The van der Waals surface area contributed by atoms with Gasteiger partial charge in [0.1, 0.15) is 5.75 Å². The molecule has 0 aliphatic heterocycles. The minimum Gasteiger partial charge on any atom is -0.497 e. The molecule has 2 aromatic carbocycles. The van der Waals surface area contributed by atoms with E-state index >= 15 is 0 Å². The van der Waals surface area contributed by atoms with Crippen LogP contribution in [-0.2, 0) is 11.2 Å². The molecule has 8 heteroatoms. The van der Waals surface area contributed by atoms with Gasteiger partial charge < -0.3 is 15.0 Å². The average Bonchev–Trinajstić information content (AvgIpc) is 3.24. The number of hydrogen-bond donors (Lipinski definition) is 1. The van der Waals surface area contributed by atoms with Crippen LogP contribution in [0.5, 0.6) is 5.75 Å². The Bertz CT molecular complexity index is 1020. The van der Waals surface area contributed by atoms with E-state index in [-0.39, 0.29) is 11.9 Å². The summed E-state index contributed by atoms with van der Waals surface area (Å²) in [7, 11) is 3.55. The number of aryl methyl sites for hydroxylation is 1. The average molecular weight is 441 g/mol. The largest absolute Gasteiger partial charge is 0.497 e. The second-order valence-electron chi connectivity index (χ2n) is 7.13. The predicted molar refractivity (Wildman–Crippen MR) is 122 cm³/mol. The van der Waals surface area contributed by atoms with Crippen molar-refractivity contribution >= 4 is 39.8 Å². The van der Waals surface area contributed by atoms with Crippen molar-refractivity contribution in [3.05, 3.63) is 59.7 Å². The summed E-state index contributed by atoms with van der Waals surface area (Å²) in [6.45, 7) is 0. The molecule has 0 fully saturated rings. The Balaban J connectivity index is 1.34. The van der Waals surface area contributed by atoms with Crippen LogP contribution in [0.2, 0.25) is 0 Å². The van der Waals surface area contributed by atoms with Gasteiger partial charge in [0.25, 0.3) is 0 Å². The van der Waals surface area contributed by atoms with Crippen LogP contribution in [-0.4, -0.2) is 40.9 Å². The van der Waals surface area contributed by atoms with Crippen LogP contribution in [0.25, 0.3) is 0 Å². The summed E-state index contributed by atoms with van der Waals surface area (Å²) < 4.78 is 6.01. The van der Waals surface area contributed by atoms with Crippen LogP contribution in [0.3, 0.4) is 0 Å². The Kier molecular flexibility index (Phi) is 6.54. The number of hydrogen-bond acceptors (Lipinski definition) is 7. The summed E-state index contributed by atoms with van der Waals surface area (Å²) >= 11 is 2.87. The summed E-state index contributed by atoms with van der Waals surface area (Å²) in [4.78, 5) is 14.7. The van der Waals surface area contributed by atoms with Crippen LogP contribution in [0.4, 0.5) is 10.8 Å². The quantitative estimate of drug-likeness (QED) is 0.526. The molecule has 30 heavy (non-hydrogen) atoms. The number of nitrogens with zero attached hydrogens (tertiary/aromatic N) is 3. The third kappa shape index (κ3) is 4.76. The van der Waals surface area contributed by atoms with Crippen LogP contribution < -0.4 is 10.1 Å². The molecule has 3 aromatic rings. The standard InChI is InChI=1S/C22H24N4O2S2/c1-26(19-12-5-8-15-7-3-4-11-18(15)19)20(27)14-29-22-25-24-21(30-22)23-16-9-6-10-17(13-16)28-2/h3-4,6-7,9-11,13,19H,5,8,12,14H2,1-2H3,(H,23,24)/t19-/m1/s1. The van der Waals surface area contributed by atoms with Crippen molar-refractivity contribution in [2.45, 2.75) is 29.6 Å². The Hall–Kier alpha value is -2.58. The van der Waals surface area contributed by atoms with Crippen molar-refractivity contribution in [3.8, 4) is 5.75 Å². The van der Waals surface area contributed by atoms with Crippen LogP contribution >= 0.6 is 23.1 Å². The maximum absolute atomic E-state index is 12.8. The number of amides is 1. The number of methoxy groups -OCH3 is 1. The molecule has 0 radical (unpaired) electrons. The first-order chi connectivity index (χ1) is 14.6. The molecule has 1 aliphatic rings. The maximum Gasteiger partial charge on any atom is 0.233 e. The van der Waals surface area contributed by atoms with Gasteiger partial charge in [-0.25, -0.2) is 0 Å². The first-order valence-corrected chi connectivity index (χ1v) is 11.6. The highest BCUT2D eigenvalue weighted by molar-refractivity contribution is 8.01. The second kappa shape index (κ2) is 9.49.